The maximum atomic E-state index is 6.35. The summed E-state index contributed by atoms with van der Waals surface area (Å²) in [4.78, 5) is 2.82. The van der Waals surface area contributed by atoms with Gasteiger partial charge in [-0.2, -0.15) is 0 Å². The van der Waals surface area contributed by atoms with E-state index in [1.165, 1.54) is 19.3 Å². The van der Waals surface area contributed by atoms with Crippen LogP contribution in [-0.4, -0.2) is 18.1 Å². The summed E-state index contributed by atoms with van der Waals surface area (Å²) in [6, 6.07) is 5.91. The molecule has 2 fully saturated rings. The van der Waals surface area contributed by atoms with Gasteiger partial charge in [-0.3, -0.25) is 0 Å². The van der Waals surface area contributed by atoms with Crippen molar-refractivity contribution in [1.82, 2.24) is 0 Å². The molecule has 96 valence electrons. The highest BCUT2D eigenvalue weighted by molar-refractivity contribution is 7.80. The Morgan fingerprint density at radius 1 is 1.28 bits per heavy atom. The van der Waals surface area contributed by atoms with Crippen molar-refractivity contribution in [3.05, 3.63) is 28.8 Å². The molecule has 0 spiro atoms. The normalized spacial score (nSPS) is 26.4. The van der Waals surface area contributed by atoms with Gasteiger partial charge in [-0.25, -0.2) is 0 Å². The first-order valence-electron chi connectivity index (χ1n) is 6.49. The summed E-state index contributed by atoms with van der Waals surface area (Å²) in [5, 5.41) is 0.764. The van der Waals surface area contributed by atoms with Crippen LogP contribution >= 0.6 is 23.8 Å². The molecule has 2 atom stereocenters. The lowest BCUT2D eigenvalue weighted by Crippen LogP contribution is -2.21. The van der Waals surface area contributed by atoms with Crippen LogP contribution in [0.3, 0.4) is 0 Å². The lowest BCUT2D eigenvalue weighted by atomic mass is 10.0. The van der Waals surface area contributed by atoms with Gasteiger partial charge in [0.25, 0.3) is 0 Å². The highest BCUT2D eigenvalue weighted by atomic mass is 35.5. The van der Waals surface area contributed by atoms with Crippen LogP contribution in [0, 0.1) is 11.8 Å². The Morgan fingerprint density at radius 3 is 2.50 bits per heavy atom. The van der Waals surface area contributed by atoms with Gasteiger partial charge >= 0.3 is 0 Å². The molecule has 0 aromatic heterocycles. The van der Waals surface area contributed by atoms with E-state index in [2.05, 4.69) is 11.0 Å². The Labute approximate surface area is 118 Å². The van der Waals surface area contributed by atoms with E-state index in [1.54, 1.807) is 0 Å². The number of rotatable bonds is 2. The molecule has 2 nitrogen and oxygen atoms in total. The lowest BCUT2D eigenvalue weighted by Gasteiger charge is -2.21. The van der Waals surface area contributed by atoms with Crippen molar-refractivity contribution in [3.63, 3.8) is 0 Å². The van der Waals surface area contributed by atoms with Crippen molar-refractivity contribution in [1.29, 1.82) is 0 Å². The first-order chi connectivity index (χ1) is 8.65. The fourth-order valence-electron chi connectivity index (χ4n) is 3.35. The van der Waals surface area contributed by atoms with Crippen LogP contribution in [0.25, 0.3) is 0 Å². The fourth-order valence-corrected chi connectivity index (χ4v) is 3.78. The van der Waals surface area contributed by atoms with Crippen molar-refractivity contribution in [3.8, 4) is 0 Å². The molecule has 2 aliphatic rings. The van der Waals surface area contributed by atoms with Crippen LogP contribution in [0.1, 0.15) is 24.8 Å². The number of hydrogen-bond acceptors (Lipinski definition) is 2. The maximum Gasteiger partial charge on any atom is 0.104 e. The average molecular weight is 281 g/mol. The molecule has 0 bridgehead atoms. The minimum absolute atomic E-state index is 0.404. The Balaban J connectivity index is 1.83. The van der Waals surface area contributed by atoms with E-state index in [4.69, 9.17) is 29.6 Å². The number of benzene rings is 1. The van der Waals surface area contributed by atoms with E-state index in [9.17, 15) is 0 Å². The van der Waals surface area contributed by atoms with E-state index in [0.717, 1.165) is 41.2 Å². The highest BCUT2D eigenvalue weighted by Gasteiger charge is 2.36. The molecule has 1 heterocycles. The third kappa shape index (κ3) is 2.10. The zero-order chi connectivity index (χ0) is 12.7. The quantitative estimate of drug-likeness (QED) is 0.844. The van der Waals surface area contributed by atoms with Crippen molar-refractivity contribution in [2.75, 3.05) is 18.0 Å². The van der Waals surface area contributed by atoms with Gasteiger partial charge in [-0.05, 0) is 42.9 Å². The topological polar surface area (TPSA) is 29.3 Å². The van der Waals surface area contributed by atoms with Gasteiger partial charge in [0.05, 0.1) is 10.7 Å². The van der Waals surface area contributed by atoms with Gasteiger partial charge in [0.15, 0.2) is 0 Å². The third-order valence-corrected chi connectivity index (χ3v) is 4.84. The number of nitrogens with zero attached hydrogens (tertiary/aromatic N) is 1. The van der Waals surface area contributed by atoms with Crippen molar-refractivity contribution in [2.24, 2.45) is 17.6 Å². The Kier molecular flexibility index (Phi) is 3.20. The lowest BCUT2D eigenvalue weighted by molar-refractivity contribution is 0.494. The zero-order valence-electron chi connectivity index (χ0n) is 10.2. The predicted molar refractivity (Wildman–Crippen MR) is 80.4 cm³/mol. The van der Waals surface area contributed by atoms with E-state index < -0.39 is 0 Å². The number of fused-ring (bicyclic) bond motifs is 1. The molecule has 1 aliphatic heterocycles. The van der Waals surface area contributed by atoms with E-state index >= 15 is 0 Å². The number of hydrogen-bond donors (Lipinski definition) is 1. The average Bonchev–Trinajstić information content (AvgIpc) is 2.88. The molecule has 3 rings (SSSR count). The monoisotopic (exact) mass is 280 g/mol. The largest absolute Gasteiger partial charge is 0.389 e. The van der Waals surface area contributed by atoms with Gasteiger partial charge in [0, 0.05) is 18.7 Å². The molecule has 0 radical (unpaired) electrons. The maximum absolute atomic E-state index is 6.35. The second kappa shape index (κ2) is 4.71. The van der Waals surface area contributed by atoms with Crippen molar-refractivity contribution in [2.45, 2.75) is 19.3 Å². The molecule has 1 aromatic carbocycles. The van der Waals surface area contributed by atoms with Crippen molar-refractivity contribution >= 4 is 34.5 Å². The summed E-state index contributed by atoms with van der Waals surface area (Å²) in [6.07, 6.45) is 4.16. The Morgan fingerprint density at radius 2 is 1.94 bits per heavy atom. The van der Waals surface area contributed by atoms with Crippen LogP contribution in [0.15, 0.2) is 18.2 Å². The van der Waals surface area contributed by atoms with Crippen LogP contribution in [0.4, 0.5) is 5.69 Å². The Hall–Kier alpha value is -0.800. The number of nitrogens with two attached hydrogens (primary N) is 1. The van der Waals surface area contributed by atoms with Crippen LogP contribution in [0.2, 0.25) is 5.02 Å². The molecular weight excluding hydrogens is 264 g/mol. The van der Waals surface area contributed by atoms with Gasteiger partial charge in [-0.1, -0.05) is 30.2 Å². The van der Waals surface area contributed by atoms with Crippen LogP contribution < -0.4 is 10.6 Å². The second-order valence-electron chi connectivity index (χ2n) is 5.39. The van der Waals surface area contributed by atoms with Crippen LogP contribution in [0.5, 0.6) is 0 Å². The SMILES string of the molecule is NC(=S)c1ccc(N2CC3CCCC3C2)c(Cl)c1. The molecule has 1 saturated heterocycles. The summed E-state index contributed by atoms with van der Waals surface area (Å²) >= 11 is 11.3. The summed E-state index contributed by atoms with van der Waals surface area (Å²) in [5.41, 5.74) is 7.60. The van der Waals surface area contributed by atoms with Gasteiger partial charge in [0.2, 0.25) is 0 Å². The molecule has 0 amide bonds. The molecule has 18 heavy (non-hydrogen) atoms. The molecule has 2 unspecified atom stereocenters. The third-order valence-electron chi connectivity index (χ3n) is 4.30. The first-order valence-corrected chi connectivity index (χ1v) is 7.28. The molecule has 4 heteroatoms. The molecule has 2 N–H and O–H groups in total. The smallest absolute Gasteiger partial charge is 0.104 e. The molecule has 1 aliphatic carbocycles. The summed E-state index contributed by atoms with van der Waals surface area (Å²) in [5.74, 6) is 1.74. The van der Waals surface area contributed by atoms with E-state index in [0.29, 0.717) is 4.99 Å². The highest BCUT2D eigenvalue weighted by Crippen LogP contribution is 2.41. The van der Waals surface area contributed by atoms with Gasteiger partial charge in [-0.15, -0.1) is 0 Å². The number of anilines is 1. The van der Waals surface area contributed by atoms with Gasteiger partial charge < -0.3 is 10.6 Å². The minimum atomic E-state index is 0.404. The summed E-state index contributed by atoms with van der Waals surface area (Å²) in [7, 11) is 0. The predicted octanol–water partition coefficient (Wildman–Crippen LogP) is 3.21. The molecule has 1 saturated carbocycles. The molecular formula is C14H17ClN2S. The Bertz CT molecular complexity index is 477. The van der Waals surface area contributed by atoms with E-state index in [-0.39, 0.29) is 0 Å². The van der Waals surface area contributed by atoms with Crippen molar-refractivity contribution < 1.29 is 0 Å². The van der Waals surface area contributed by atoms with E-state index in [1.807, 2.05) is 12.1 Å². The number of halogens is 1. The first kappa shape index (κ1) is 12.2. The fraction of sp³-hybridized carbons (Fsp3) is 0.500. The summed E-state index contributed by atoms with van der Waals surface area (Å²) in [6.45, 7) is 2.30. The van der Waals surface area contributed by atoms with Gasteiger partial charge in [0.1, 0.15) is 4.99 Å². The standard InChI is InChI=1S/C14H17ClN2S/c15-12-6-9(14(16)18)4-5-13(12)17-7-10-2-1-3-11(10)8-17/h4-6,10-11H,1-3,7-8H2,(H2,16,18). The zero-order valence-corrected chi connectivity index (χ0v) is 11.8. The second-order valence-corrected chi connectivity index (χ2v) is 6.23. The summed E-state index contributed by atoms with van der Waals surface area (Å²) < 4.78 is 0. The number of thiocarbonyl (C=S) groups is 1. The minimum Gasteiger partial charge on any atom is -0.389 e. The molecule has 1 aromatic rings. The van der Waals surface area contributed by atoms with Crippen LogP contribution in [-0.2, 0) is 0 Å².